The molecule has 4 fully saturated rings. The predicted molar refractivity (Wildman–Crippen MR) is 237 cm³/mol. The molecule has 2 aromatic heterocycles. The molecule has 5 aliphatic rings. The minimum atomic E-state index is -0.709. The molecule has 3 aromatic carbocycles. The SMILES string of the molecule is COC(=O)N[C@H](C(=O)N1C(c2nc3ccc4cc5c(cc4c3[nH]2)OCc2cc(-c3cnc(C4CCCN4C(=O)[C@@H](NC(=O)OC)C4CCOCC4)[nH]3)ccc2-5)C[C@@H]2CCC[C@@H]21)C(C)C. The van der Waals surface area contributed by atoms with Crippen molar-refractivity contribution >= 4 is 45.8 Å². The topological polar surface area (TPSA) is 193 Å². The van der Waals surface area contributed by atoms with E-state index in [1.54, 1.807) is 0 Å². The Hall–Kier alpha value is -6.16. The van der Waals surface area contributed by atoms with E-state index in [0.29, 0.717) is 50.9 Å². The van der Waals surface area contributed by atoms with Crippen LogP contribution in [-0.4, -0.2) is 106 Å². The van der Waals surface area contributed by atoms with Gasteiger partial charge in [0.1, 0.15) is 36.1 Å². The highest BCUT2D eigenvalue weighted by atomic mass is 16.5. The summed E-state index contributed by atoms with van der Waals surface area (Å²) in [6.45, 7) is 5.95. The maximum absolute atomic E-state index is 14.3. The molecule has 5 aromatic rings. The number of benzene rings is 3. The Balaban J connectivity index is 0.899. The van der Waals surface area contributed by atoms with Crippen molar-refractivity contribution in [3.8, 4) is 28.1 Å². The molecule has 336 valence electrons. The standard InChI is InChI=1S/C48H56N8O8/c1-25(2)40(53-47(59)61-3)46(58)56-36-8-5-7-29(36)21-38(56)44-50-34-13-11-27-20-33-31-12-10-28(19-30(31)24-64-39(33)22-32(27)42(34)52-44)35-23-49-43(51-35)37-9-6-16-55(37)45(57)41(54-48(60)62-4)26-14-17-63-18-15-26/h10-13,19-20,22-23,25-26,29,36-38,40-41H,5-9,14-18,21,24H2,1-4H3,(H,49,51)(H,50,52)(H,53,59)(H,54,60)/t29-,36-,37?,38?,40-,41-/m0/s1. The molecule has 4 aliphatic heterocycles. The number of likely N-dealkylation sites (tertiary alicyclic amines) is 2. The monoisotopic (exact) mass is 872 g/mol. The van der Waals surface area contributed by atoms with Gasteiger partial charge in [-0.2, -0.15) is 0 Å². The van der Waals surface area contributed by atoms with Gasteiger partial charge in [0.25, 0.3) is 0 Å². The number of amides is 4. The number of alkyl carbamates (subject to hydrolysis) is 2. The zero-order chi connectivity index (χ0) is 44.2. The molecule has 2 unspecified atom stereocenters. The molecule has 3 saturated heterocycles. The summed E-state index contributed by atoms with van der Waals surface area (Å²) in [6.07, 6.45) is 7.47. The molecular formula is C48H56N8O8. The summed E-state index contributed by atoms with van der Waals surface area (Å²) in [5.74, 6) is 2.26. The number of nitrogens with one attached hydrogen (secondary N) is 4. The van der Waals surface area contributed by atoms with Crippen LogP contribution in [0.25, 0.3) is 44.2 Å². The molecule has 0 spiro atoms. The third-order valence-electron chi connectivity index (χ3n) is 14.4. The van der Waals surface area contributed by atoms with E-state index in [4.69, 9.17) is 28.9 Å². The summed E-state index contributed by atoms with van der Waals surface area (Å²) < 4.78 is 21.8. The summed E-state index contributed by atoms with van der Waals surface area (Å²) in [6, 6.07) is 13.0. The number of nitrogens with zero attached hydrogens (tertiary/aromatic N) is 4. The first-order chi connectivity index (χ1) is 31.1. The van der Waals surface area contributed by atoms with Gasteiger partial charge >= 0.3 is 12.2 Å². The van der Waals surface area contributed by atoms with Crippen LogP contribution in [0, 0.1) is 17.8 Å². The first-order valence-electron chi connectivity index (χ1n) is 22.8. The van der Waals surface area contributed by atoms with Gasteiger partial charge in [-0.1, -0.05) is 38.5 Å². The van der Waals surface area contributed by atoms with Gasteiger partial charge in [0.15, 0.2) is 0 Å². The van der Waals surface area contributed by atoms with Crippen LogP contribution >= 0.6 is 0 Å². The second-order valence-corrected chi connectivity index (χ2v) is 18.4. The minimum absolute atomic E-state index is 0.0387. The van der Waals surface area contributed by atoms with Crippen LogP contribution < -0.4 is 15.4 Å². The Morgan fingerprint density at radius 2 is 1.66 bits per heavy atom. The first-order valence-corrected chi connectivity index (χ1v) is 22.8. The van der Waals surface area contributed by atoms with E-state index in [1.165, 1.54) is 14.2 Å². The highest BCUT2D eigenvalue weighted by Crippen LogP contribution is 2.49. The van der Waals surface area contributed by atoms with Crippen LogP contribution in [0.5, 0.6) is 5.75 Å². The third kappa shape index (κ3) is 7.48. The van der Waals surface area contributed by atoms with Crippen LogP contribution in [0.1, 0.15) is 94.5 Å². The number of imidazole rings is 2. The smallest absolute Gasteiger partial charge is 0.407 e. The molecule has 6 heterocycles. The van der Waals surface area contributed by atoms with Gasteiger partial charge in [0, 0.05) is 36.8 Å². The van der Waals surface area contributed by atoms with Gasteiger partial charge in [0.2, 0.25) is 11.8 Å². The Morgan fingerprint density at radius 3 is 2.45 bits per heavy atom. The van der Waals surface area contributed by atoms with Crippen molar-refractivity contribution < 1.29 is 38.1 Å². The fourth-order valence-electron chi connectivity index (χ4n) is 11.1. The van der Waals surface area contributed by atoms with E-state index in [-0.39, 0.29) is 41.8 Å². The molecule has 0 bridgehead atoms. The number of fused-ring (bicyclic) bond motifs is 7. The van der Waals surface area contributed by atoms with Crippen LogP contribution in [0.15, 0.2) is 48.7 Å². The fourth-order valence-corrected chi connectivity index (χ4v) is 11.1. The Labute approximate surface area is 371 Å². The second-order valence-electron chi connectivity index (χ2n) is 18.4. The average Bonchev–Trinajstić information content (AvgIpc) is 4.17. The number of carbonyl (C=O) groups is 4. The molecular weight excluding hydrogens is 817 g/mol. The normalized spacial score (nSPS) is 22.8. The largest absolute Gasteiger partial charge is 0.488 e. The summed E-state index contributed by atoms with van der Waals surface area (Å²) >= 11 is 0. The Morgan fingerprint density at radius 1 is 0.844 bits per heavy atom. The van der Waals surface area contributed by atoms with Crippen molar-refractivity contribution in [3.05, 3.63) is 65.9 Å². The molecule has 1 saturated carbocycles. The fraction of sp³-hybridized carbons (Fsp3) is 0.500. The van der Waals surface area contributed by atoms with Gasteiger partial charge in [-0.25, -0.2) is 19.6 Å². The second kappa shape index (κ2) is 17.1. The van der Waals surface area contributed by atoms with Crippen molar-refractivity contribution in [2.24, 2.45) is 17.8 Å². The first kappa shape index (κ1) is 41.8. The number of aromatic amines is 2. The maximum atomic E-state index is 14.3. The van der Waals surface area contributed by atoms with Gasteiger partial charge in [0.05, 0.1) is 49.2 Å². The quantitative estimate of drug-likeness (QED) is 0.117. The molecule has 0 radical (unpaired) electrons. The van der Waals surface area contributed by atoms with Crippen molar-refractivity contribution in [1.29, 1.82) is 0 Å². The van der Waals surface area contributed by atoms with E-state index in [1.807, 2.05) is 35.9 Å². The van der Waals surface area contributed by atoms with E-state index in [2.05, 4.69) is 57.0 Å². The zero-order valence-electron chi connectivity index (χ0n) is 36.8. The average molecular weight is 873 g/mol. The molecule has 4 N–H and O–H groups in total. The van der Waals surface area contributed by atoms with E-state index in [0.717, 1.165) is 99.9 Å². The lowest BCUT2D eigenvalue weighted by atomic mass is 9.90. The highest BCUT2D eigenvalue weighted by molar-refractivity contribution is 6.07. The number of rotatable bonds is 9. The number of hydrogen-bond acceptors (Lipinski definition) is 10. The van der Waals surface area contributed by atoms with Gasteiger partial charge < -0.3 is 49.3 Å². The number of methoxy groups -OCH3 is 2. The molecule has 64 heavy (non-hydrogen) atoms. The molecule has 1 aliphatic carbocycles. The number of H-pyrrole nitrogens is 2. The molecule has 10 rings (SSSR count). The number of carbonyl (C=O) groups excluding carboxylic acids is 4. The Kier molecular flexibility index (Phi) is 11.2. The lowest BCUT2D eigenvalue weighted by Gasteiger charge is -2.34. The summed E-state index contributed by atoms with van der Waals surface area (Å²) in [4.78, 5) is 74.0. The van der Waals surface area contributed by atoms with Crippen LogP contribution in [-0.2, 0) is 30.4 Å². The predicted octanol–water partition coefficient (Wildman–Crippen LogP) is 7.30. The van der Waals surface area contributed by atoms with Crippen molar-refractivity contribution in [1.82, 2.24) is 40.4 Å². The number of aromatic nitrogens is 4. The van der Waals surface area contributed by atoms with Crippen molar-refractivity contribution in [2.75, 3.05) is 34.0 Å². The highest BCUT2D eigenvalue weighted by Gasteiger charge is 2.49. The number of hydrogen-bond donors (Lipinski definition) is 4. The van der Waals surface area contributed by atoms with Crippen LogP contribution in [0.2, 0.25) is 0 Å². The molecule has 16 nitrogen and oxygen atoms in total. The van der Waals surface area contributed by atoms with Crippen molar-refractivity contribution in [2.45, 2.75) is 102 Å². The van der Waals surface area contributed by atoms with E-state index in [9.17, 15) is 19.2 Å². The summed E-state index contributed by atoms with van der Waals surface area (Å²) in [5.41, 5.74) is 6.67. The molecule has 4 amide bonds. The lowest BCUT2D eigenvalue weighted by Crippen LogP contribution is -2.53. The van der Waals surface area contributed by atoms with Gasteiger partial charge in [-0.3, -0.25) is 9.59 Å². The Bertz CT molecular complexity index is 2620. The lowest BCUT2D eigenvalue weighted by molar-refractivity contribution is -0.138. The van der Waals surface area contributed by atoms with Crippen molar-refractivity contribution in [3.63, 3.8) is 0 Å². The molecule has 16 heteroatoms. The van der Waals surface area contributed by atoms with E-state index < -0.39 is 24.3 Å². The van der Waals surface area contributed by atoms with Gasteiger partial charge in [-0.05, 0) is 109 Å². The third-order valence-corrected chi connectivity index (χ3v) is 14.4. The van der Waals surface area contributed by atoms with Crippen LogP contribution in [0.3, 0.4) is 0 Å². The van der Waals surface area contributed by atoms with Crippen LogP contribution in [0.4, 0.5) is 9.59 Å². The maximum Gasteiger partial charge on any atom is 0.407 e. The number of ether oxygens (including phenoxy) is 4. The van der Waals surface area contributed by atoms with Gasteiger partial charge in [-0.15, -0.1) is 0 Å². The zero-order valence-corrected chi connectivity index (χ0v) is 36.8. The molecule has 6 atom stereocenters. The minimum Gasteiger partial charge on any atom is -0.488 e. The summed E-state index contributed by atoms with van der Waals surface area (Å²) in [5, 5.41) is 7.65. The summed E-state index contributed by atoms with van der Waals surface area (Å²) in [7, 11) is 2.62. The van der Waals surface area contributed by atoms with E-state index >= 15 is 0 Å².